The van der Waals surface area contributed by atoms with E-state index >= 15 is 0 Å². The number of hydrogen-bond acceptors (Lipinski definition) is 3. The van der Waals surface area contributed by atoms with Crippen molar-refractivity contribution in [3.63, 3.8) is 0 Å². The fourth-order valence-corrected chi connectivity index (χ4v) is 2.79. The monoisotopic (exact) mass is 377 g/mol. The number of carbonyl (C=O) groups excluding carboxylic acids is 1. The molecule has 1 N–H and O–H groups in total. The minimum atomic E-state index is -0.661. The fourth-order valence-electron chi connectivity index (χ4n) is 2.50. The highest BCUT2D eigenvalue weighted by Gasteiger charge is 2.20. The molecule has 0 fully saturated rings. The third-order valence-corrected chi connectivity index (χ3v) is 4.49. The Morgan fingerprint density at radius 2 is 2.00 bits per heavy atom. The number of carbonyl (C=O) groups is 1. The number of rotatable bonds is 5. The van der Waals surface area contributed by atoms with Crippen molar-refractivity contribution < 1.29 is 9.53 Å². The van der Waals surface area contributed by atoms with Crippen LogP contribution in [0, 0.1) is 0 Å². The molecule has 1 unspecified atom stereocenters. The molecule has 0 saturated heterocycles. The molecule has 1 amide bonds. The number of aromatic amines is 1. The van der Waals surface area contributed by atoms with Crippen LogP contribution >= 0.6 is 23.2 Å². The van der Waals surface area contributed by atoms with Gasteiger partial charge in [0.05, 0.1) is 27.6 Å². The predicted octanol–water partition coefficient (Wildman–Crippen LogP) is 4.30. The van der Waals surface area contributed by atoms with Gasteiger partial charge in [-0.25, -0.2) is 4.98 Å². The summed E-state index contributed by atoms with van der Waals surface area (Å²) in [6, 6.07) is 12.6. The number of nitrogens with one attached hydrogen (secondary N) is 1. The van der Waals surface area contributed by atoms with Crippen LogP contribution in [0.1, 0.15) is 12.7 Å². The van der Waals surface area contributed by atoms with E-state index in [9.17, 15) is 4.79 Å². The second-order valence-electron chi connectivity index (χ2n) is 5.73. The van der Waals surface area contributed by atoms with Crippen molar-refractivity contribution in [2.75, 3.05) is 7.05 Å². The molecule has 130 valence electrons. The number of hydrogen-bond donors (Lipinski definition) is 1. The molecule has 0 aliphatic carbocycles. The van der Waals surface area contributed by atoms with Gasteiger partial charge >= 0.3 is 0 Å². The van der Waals surface area contributed by atoms with E-state index in [1.54, 1.807) is 37.1 Å². The first-order valence-electron chi connectivity index (χ1n) is 7.74. The Balaban J connectivity index is 1.65. The van der Waals surface area contributed by atoms with Gasteiger partial charge in [-0.05, 0) is 31.2 Å². The van der Waals surface area contributed by atoms with E-state index in [2.05, 4.69) is 9.97 Å². The number of H-pyrrole nitrogens is 1. The van der Waals surface area contributed by atoms with Gasteiger partial charge in [-0.2, -0.15) is 0 Å². The first-order valence-corrected chi connectivity index (χ1v) is 8.50. The Morgan fingerprint density at radius 1 is 1.24 bits per heavy atom. The molecular weight excluding hydrogens is 361 g/mol. The number of likely N-dealkylation sites (N-methyl/N-ethyl adjacent to an activating group) is 1. The molecule has 0 aliphatic rings. The first-order chi connectivity index (χ1) is 11.9. The highest BCUT2D eigenvalue weighted by atomic mass is 35.5. The Bertz CT molecular complexity index is 877. The van der Waals surface area contributed by atoms with Crippen LogP contribution in [0.25, 0.3) is 11.0 Å². The van der Waals surface area contributed by atoms with Crippen LogP contribution in [0.4, 0.5) is 0 Å². The topological polar surface area (TPSA) is 58.2 Å². The van der Waals surface area contributed by atoms with Crippen molar-refractivity contribution in [2.24, 2.45) is 0 Å². The van der Waals surface area contributed by atoms with E-state index in [-0.39, 0.29) is 5.91 Å². The predicted molar refractivity (Wildman–Crippen MR) is 99.1 cm³/mol. The van der Waals surface area contributed by atoms with Crippen LogP contribution in [-0.2, 0) is 11.3 Å². The molecule has 0 spiro atoms. The van der Waals surface area contributed by atoms with E-state index in [0.717, 1.165) is 16.9 Å². The van der Waals surface area contributed by atoms with Gasteiger partial charge in [0, 0.05) is 13.1 Å². The zero-order valence-corrected chi connectivity index (χ0v) is 15.3. The van der Waals surface area contributed by atoms with Crippen molar-refractivity contribution in [1.82, 2.24) is 14.9 Å². The average Bonchev–Trinajstić information content (AvgIpc) is 2.99. The lowest BCUT2D eigenvalue weighted by Crippen LogP contribution is -2.37. The van der Waals surface area contributed by atoms with Crippen molar-refractivity contribution in [3.8, 4) is 5.75 Å². The number of ether oxygens (including phenoxy) is 1. The molecule has 3 rings (SSSR count). The number of nitrogens with zero attached hydrogens (tertiary/aromatic N) is 2. The molecule has 1 atom stereocenters. The Kier molecular flexibility index (Phi) is 5.16. The van der Waals surface area contributed by atoms with E-state index in [1.165, 1.54) is 0 Å². The zero-order valence-electron chi connectivity index (χ0n) is 13.8. The summed E-state index contributed by atoms with van der Waals surface area (Å²) >= 11 is 11.8. The average molecular weight is 378 g/mol. The molecule has 2 aromatic carbocycles. The molecule has 1 heterocycles. The van der Waals surface area contributed by atoms with Gasteiger partial charge in [-0.1, -0.05) is 35.3 Å². The number of para-hydroxylation sites is 2. The Morgan fingerprint density at radius 3 is 2.72 bits per heavy atom. The lowest BCUT2D eigenvalue weighted by Gasteiger charge is -2.21. The lowest BCUT2D eigenvalue weighted by atomic mass is 10.3. The van der Waals surface area contributed by atoms with Gasteiger partial charge < -0.3 is 14.6 Å². The van der Waals surface area contributed by atoms with Crippen LogP contribution in [0.5, 0.6) is 5.75 Å². The highest BCUT2D eigenvalue weighted by molar-refractivity contribution is 6.42. The molecule has 0 aliphatic heterocycles. The van der Waals surface area contributed by atoms with Gasteiger partial charge in [0.15, 0.2) is 6.10 Å². The Labute approximate surface area is 155 Å². The van der Waals surface area contributed by atoms with Crippen LogP contribution in [0.2, 0.25) is 10.0 Å². The summed E-state index contributed by atoms with van der Waals surface area (Å²) in [5.41, 5.74) is 1.82. The summed E-state index contributed by atoms with van der Waals surface area (Å²) in [6.07, 6.45) is -0.661. The molecule has 0 bridgehead atoms. The minimum Gasteiger partial charge on any atom is -0.481 e. The molecule has 0 radical (unpaired) electrons. The number of fused-ring (bicyclic) bond motifs is 1. The maximum Gasteiger partial charge on any atom is 0.263 e. The van der Waals surface area contributed by atoms with Gasteiger partial charge in [0.25, 0.3) is 5.91 Å². The van der Waals surface area contributed by atoms with Gasteiger partial charge in [0.1, 0.15) is 11.6 Å². The van der Waals surface area contributed by atoms with Crippen LogP contribution in [-0.4, -0.2) is 33.9 Å². The standard InChI is InChI=1S/C18H17Cl2N3O2/c1-11(25-12-7-8-13(19)14(20)9-12)18(24)23(2)10-17-21-15-5-3-4-6-16(15)22-17/h3-9,11H,10H2,1-2H3,(H,21,22). The van der Waals surface area contributed by atoms with E-state index in [4.69, 9.17) is 27.9 Å². The number of halogens is 2. The van der Waals surface area contributed by atoms with E-state index < -0.39 is 6.10 Å². The Hall–Kier alpha value is -2.24. The van der Waals surface area contributed by atoms with Crippen LogP contribution < -0.4 is 4.74 Å². The molecule has 5 nitrogen and oxygen atoms in total. The summed E-state index contributed by atoms with van der Waals surface area (Å²) in [5, 5.41) is 0.824. The van der Waals surface area contributed by atoms with Gasteiger partial charge in [-0.15, -0.1) is 0 Å². The van der Waals surface area contributed by atoms with E-state index in [0.29, 0.717) is 22.3 Å². The number of amides is 1. The second kappa shape index (κ2) is 7.33. The second-order valence-corrected chi connectivity index (χ2v) is 6.55. The van der Waals surface area contributed by atoms with Crippen LogP contribution in [0.3, 0.4) is 0 Å². The van der Waals surface area contributed by atoms with Gasteiger partial charge in [0.2, 0.25) is 0 Å². The third kappa shape index (κ3) is 4.06. The number of imidazole rings is 1. The number of benzene rings is 2. The van der Waals surface area contributed by atoms with Crippen molar-refractivity contribution >= 4 is 40.1 Å². The van der Waals surface area contributed by atoms with Gasteiger partial charge in [-0.3, -0.25) is 4.79 Å². The molecule has 7 heteroatoms. The maximum absolute atomic E-state index is 12.5. The highest BCUT2D eigenvalue weighted by Crippen LogP contribution is 2.27. The number of aromatic nitrogens is 2. The molecule has 1 aromatic heterocycles. The normalized spacial score (nSPS) is 12.2. The zero-order chi connectivity index (χ0) is 18.0. The molecular formula is C18H17Cl2N3O2. The van der Waals surface area contributed by atoms with Crippen molar-refractivity contribution in [1.29, 1.82) is 0 Å². The van der Waals surface area contributed by atoms with Crippen molar-refractivity contribution in [2.45, 2.75) is 19.6 Å². The molecule has 25 heavy (non-hydrogen) atoms. The van der Waals surface area contributed by atoms with E-state index in [1.807, 2.05) is 24.3 Å². The van der Waals surface area contributed by atoms with Crippen LogP contribution in [0.15, 0.2) is 42.5 Å². The third-order valence-electron chi connectivity index (χ3n) is 3.75. The summed E-state index contributed by atoms with van der Waals surface area (Å²) in [5.74, 6) is 1.05. The first kappa shape index (κ1) is 17.6. The smallest absolute Gasteiger partial charge is 0.263 e. The summed E-state index contributed by atoms with van der Waals surface area (Å²) in [4.78, 5) is 21.8. The summed E-state index contributed by atoms with van der Waals surface area (Å²) in [7, 11) is 1.71. The molecule has 3 aromatic rings. The minimum absolute atomic E-state index is 0.161. The maximum atomic E-state index is 12.5. The largest absolute Gasteiger partial charge is 0.481 e. The summed E-state index contributed by atoms with van der Waals surface area (Å²) < 4.78 is 5.66. The SMILES string of the molecule is CC(Oc1ccc(Cl)c(Cl)c1)C(=O)N(C)Cc1nc2ccccc2[nH]1. The molecule has 0 saturated carbocycles. The fraction of sp³-hybridized carbons (Fsp3) is 0.222. The summed E-state index contributed by atoms with van der Waals surface area (Å²) in [6.45, 7) is 2.06. The van der Waals surface area contributed by atoms with Crippen molar-refractivity contribution in [3.05, 3.63) is 58.3 Å². The lowest BCUT2D eigenvalue weighted by molar-refractivity contribution is -0.137. The quantitative estimate of drug-likeness (QED) is 0.720.